The fraction of sp³-hybridized carbons (Fsp3) is 0.429. The number of fused-ring (bicyclic) bond motifs is 1. The van der Waals surface area contributed by atoms with Crippen molar-refractivity contribution >= 4 is 10.0 Å². The number of sulfonamides is 1. The van der Waals surface area contributed by atoms with Crippen molar-refractivity contribution in [2.45, 2.75) is 17.9 Å². The monoisotopic (exact) mass is 418 g/mol. The number of hydrogen-bond donors (Lipinski definition) is 1. The van der Waals surface area contributed by atoms with Gasteiger partial charge in [-0.15, -0.1) is 0 Å². The van der Waals surface area contributed by atoms with E-state index in [-0.39, 0.29) is 17.5 Å². The average molecular weight is 419 g/mol. The van der Waals surface area contributed by atoms with Crippen molar-refractivity contribution in [3.8, 4) is 11.5 Å². The molecule has 2 aliphatic heterocycles. The molecule has 2 aliphatic rings. The summed E-state index contributed by atoms with van der Waals surface area (Å²) in [5.41, 5.74) is 2.24. The number of aryl methyl sites for hydroxylation is 1. The van der Waals surface area contributed by atoms with Gasteiger partial charge in [0, 0.05) is 31.7 Å². The van der Waals surface area contributed by atoms with Gasteiger partial charge in [0.1, 0.15) is 13.2 Å². The third kappa shape index (κ3) is 4.72. The van der Waals surface area contributed by atoms with Gasteiger partial charge in [-0.2, -0.15) is 0 Å². The zero-order chi connectivity index (χ0) is 20.3. The Morgan fingerprint density at radius 1 is 1.00 bits per heavy atom. The number of ether oxygens (including phenoxy) is 3. The summed E-state index contributed by atoms with van der Waals surface area (Å²) < 4.78 is 45.2. The van der Waals surface area contributed by atoms with Crippen molar-refractivity contribution < 1.29 is 22.6 Å². The number of nitrogens with one attached hydrogen (secondary N) is 1. The predicted octanol–water partition coefficient (Wildman–Crippen LogP) is 2.12. The number of hydrogen-bond acceptors (Lipinski definition) is 6. The van der Waals surface area contributed by atoms with E-state index in [2.05, 4.69) is 15.7 Å². The van der Waals surface area contributed by atoms with Crippen LogP contribution in [0.3, 0.4) is 0 Å². The van der Waals surface area contributed by atoms with Gasteiger partial charge in [0.25, 0.3) is 0 Å². The molecule has 2 aromatic rings. The molecule has 0 radical (unpaired) electrons. The highest BCUT2D eigenvalue weighted by Crippen LogP contribution is 2.32. The van der Waals surface area contributed by atoms with E-state index in [1.165, 1.54) is 6.07 Å². The van der Waals surface area contributed by atoms with Crippen LogP contribution in [-0.4, -0.2) is 59.4 Å². The van der Waals surface area contributed by atoms with Crippen LogP contribution in [0.1, 0.15) is 17.2 Å². The minimum atomic E-state index is -3.69. The average Bonchev–Trinajstić information content (AvgIpc) is 2.74. The highest BCUT2D eigenvalue weighted by atomic mass is 32.2. The van der Waals surface area contributed by atoms with Gasteiger partial charge in [-0.25, -0.2) is 13.1 Å². The molecule has 0 bridgehead atoms. The van der Waals surface area contributed by atoms with Gasteiger partial charge in [0.05, 0.1) is 18.1 Å². The lowest BCUT2D eigenvalue weighted by Gasteiger charge is -2.35. The fourth-order valence-electron chi connectivity index (χ4n) is 3.69. The molecule has 1 saturated heterocycles. The Bertz CT molecular complexity index is 957. The molecule has 2 heterocycles. The van der Waals surface area contributed by atoms with E-state index in [0.29, 0.717) is 37.9 Å². The summed E-state index contributed by atoms with van der Waals surface area (Å²) in [4.78, 5) is 2.44. The molecule has 8 heteroatoms. The van der Waals surface area contributed by atoms with Crippen molar-refractivity contribution in [2.75, 3.05) is 46.1 Å². The Morgan fingerprint density at radius 2 is 1.76 bits per heavy atom. The second-order valence-corrected chi connectivity index (χ2v) is 9.00. The molecule has 29 heavy (non-hydrogen) atoms. The summed E-state index contributed by atoms with van der Waals surface area (Å²) in [5, 5.41) is 0. The minimum Gasteiger partial charge on any atom is -0.486 e. The highest BCUT2D eigenvalue weighted by Gasteiger charge is 2.26. The normalized spacial score (nSPS) is 18.4. The zero-order valence-corrected chi connectivity index (χ0v) is 17.3. The van der Waals surface area contributed by atoms with Crippen LogP contribution in [0.5, 0.6) is 11.5 Å². The highest BCUT2D eigenvalue weighted by molar-refractivity contribution is 7.89. The Morgan fingerprint density at radius 3 is 2.52 bits per heavy atom. The second kappa shape index (κ2) is 8.71. The van der Waals surface area contributed by atoms with Gasteiger partial charge < -0.3 is 14.2 Å². The van der Waals surface area contributed by atoms with Crippen LogP contribution in [0.2, 0.25) is 0 Å². The van der Waals surface area contributed by atoms with E-state index in [1.807, 2.05) is 25.1 Å². The zero-order valence-electron chi connectivity index (χ0n) is 16.5. The molecular weight excluding hydrogens is 392 g/mol. The second-order valence-electron chi connectivity index (χ2n) is 7.24. The van der Waals surface area contributed by atoms with E-state index in [1.54, 1.807) is 12.1 Å². The van der Waals surface area contributed by atoms with Crippen LogP contribution in [0.15, 0.2) is 47.4 Å². The maximum atomic E-state index is 13.0. The molecule has 4 rings (SSSR count). The summed E-state index contributed by atoms with van der Waals surface area (Å²) in [7, 11) is -3.69. The standard InChI is InChI=1S/C21H26N2O5S/c1-16-3-2-4-17(13-16)19(23-7-9-26-10-8-23)15-22-29(24,25)18-5-6-20-21(14-18)28-12-11-27-20/h2-6,13-14,19,22H,7-12,15H2,1H3/t19-/m0/s1. The molecule has 0 amide bonds. The maximum Gasteiger partial charge on any atom is 0.240 e. The first-order chi connectivity index (χ1) is 14.0. The van der Waals surface area contributed by atoms with Crippen molar-refractivity contribution in [1.82, 2.24) is 9.62 Å². The quantitative estimate of drug-likeness (QED) is 0.774. The minimum absolute atomic E-state index is 0.0641. The lowest BCUT2D eigenvalue weighted by molar-refractivity contribution is 0.0172. The number of nitrogens with zero attached hydrogens (tertiary/aromatic N) is 1. The van der Waals surface area contributed by atoms with Gasteiger partial charge in [-0.3, -0.25) is 4.90 Å². The van der Waals surface area contributed by atoms with E-state index in [0.717, 1.165) is 24.2 Å². The molecule has 1 N–H and O–H groups in total. The lowest BCUT2D eigenvalue weighted by atomic mass is 10.0. The third-order valence-corrected chi connectivity index (χ3v) is 6.63. The summed E-state index contributed by atoms with van der Waals surface area (Å²) >= 11 is 0. The maximum absolute atomic E-state index is 13.0. The predicted molar refractivity (Wildman–Crippen MR) is 109 cm³/mol. The number of benzene rings is 2. The van der Waals surface area contributed by atoms with E-state index < -0.39 is 10.0 Å². The largest absolute Gasteiger partial charge is 0.486 e. The topological polar surface area (TPSA) is 77.1 Å². The van der Waals surface area contributed by atoms with Gasteiger partial charge in [-0.1, -0.05) is 29.8 Å². The third-order valence-electron chi connectivity index (χ3n) is 5.20. The summed E-state index contributed by atoms with van der Waals surface area (Å²) in [5.74, 6) is 1.03. The summed E-state index contributed by atoms with van der Waals surface area (Å²) in [6.07, 6.45) is 0. The van der Waals surface area contributed by atoms with Crippen molar-refractivity contribution in [1.29, 1.82) is 0 Å². The molecule has 1 atom stereocenters. The lowest BCUT2D eigenvalue weighted by Crippen LogP contribution is -2.43. The molecule has 0 aliphatic carbocycles. The van der Waals surface area contributed by atoms with Gasteiger partial charge in [-0.05, 0) is 24.6 Å². The van der Waals surface area contributed by atoms with Gasteiger partial charge >= 0.3 is 0 Å². The van der Waals surface area contributed by atoms with Crippen LogP contribution in [0.25, 0.3) is 0 Å². The number of morpholine rings is 1. The Balaban J connectivity index is 1.54. The molecule has 0 saturated carbocycles. The molecule has 0 spiro atoms. The van der Waals surface area contributed by atoms with Crippen molar-refractivity contribution in [3.05, 3.63) is 53.6 Å². The first kappa shape index (κ1) is 20.2. The molecule has 156 valence electrons. The van der Waals surface area contributed by atoms with E-state index in [9.17, 15) is 8.42 Å². The van der Waals surface area contributed by atoms with E-state index in [4.69, 9.17) is 14.2 Å². The van der Waals surface area contributed by atoms with Crippen LogP contribution in [-0.2, 0) is 14.8 Å². The first-order valence-electron chi connectivity index (χ1n) is 9.81. The van der Waals surface area contributed by atoms with Gasteiger partial charge in [0.2, 0.25) is 10.0 Å². The molecule has 2 aromatic carbocycles. The SMILES string of the molecule is Cc1cccc([C@H](CNS(=O)(=O)c2ccc3c(c2)OCCO3)N2CCOCC2)c1. The van der Waals surface area contributed by atoms with Crippen molar-refractivity contribution in [2.24, 2.45) is 0 Å². The van der Waals surface area contributed by atoms with Crippen LogP contribution in [0.4, 0.5) is 0 Å². The smallest absolute Gasteiger partial charge is 0.240 e. The molecule has 0 unspecified atom stereocenters. The Labute approximate surface area is 171 Å². The molecule has 1 fully saturated rings. The molecule has 7 nitrogen and oxygen atoms in total. The molecule has 0 aromatic heterocycles. The van der Waals surface area contributed by atoms with Crippen LogP contribution in [0, 0.1) is 6.92 Å². The number of rotatable bonds is 6. The van der Waals surface area contributed by atoms with E-state index >= 15 is 0 Å². The Kier molecular flexibility index (Phi) is 6.05. The summed E-state index contributed by atoms with van der Waals surface area (Å²) in [6, 6.07) is 12.9. The van der Waals surface area contributed by atoms with Crippen LogP contribution >= 0.6 is 0 Å². The van der Waals surface area contributed by atoms with Crippen molar-refractivity contribution in [3.63, 3.8) is 0 Å². The van der Waals surface area contributed by atoms with Crippen LogP contribution < -0.4 is 14.2 Å². The Hall–Kier alpha value is -2.13. The molecular formula is C21H26N2O5S. The first-order valence-corrected chi connectivity index (χ1v) is 11.3. The fourth-order valence-corrected chi connectivity index (χ4v) is 4.74. The summed E-state index contributed by atoms with van der Waals surface area (Å²) in [6.45, 7) is 6.04. The van der Waals surface area contributed by atoms with Gasteiger partial charge in [0.15, 0.2) is 11.5 Å².